The van der Waals surface area contributed by atoms with Crippen molar-refractivity contribution in [1.29, 1.82) is 0 Å². The number of benzene rings is 2. The molecule has 1 aromatic heterocycles. The van der Waals surface area contributed by atoms with Crippen LogP contribution in [0.2, 0.25) is 0 Å². The average Bonchev–Trinajstić information content (AvgIpc) is 3.16. The molecule has 136 valence electrons. The predicted octanol–water partition coefficient (Wildman–Crippen LogP) is 4.76. The Bertz CT molecular complexity index is 977. The lowest BCUT2D eigenvalue weighted by Gasteiger charge is -2.11. The van der Waals surface area contributed by atoms with Crippen molar-refractivity contribution in [2.24, 2.45) is 0 Å². The van der Waals surface area contributed by atoms with Crippen molar-refractivity contribution in [3.8, 4) is 0 Å². The Hall–Kier alpha value is -3.12. The highest BCUT2D eigenvalue weighted by atomic mass is 79.9. The molecule has 2 N–H and O–H groups in total. The van der Waals surface area contributed by atoms with Crippen molar-refractivity contribution in [2.75, 3.05) is 5.32 Å². The van der Waals surface area contributed by atoms with Gasteiger partial charge in [0.05, 0.1) is 11.8 Å². The van der Waals surface area contributed by atoms with Gasteiger partial charge < -0.3 is 15.1 Å². The van der Waals surface area contributed by atoms with Gasteiger partial charge in [-0.1, -0.05) is 29.8 Å². The molecule has 3 rings (SSSR count). The first-order valence-electron chi connectivity index (χ1n) is 8.22. The molecule has 0 aliphatic heterocycles. The van der Waals surface area contributed by atoms with Crippen LogP contribution in [0.5, 0.6) is 0 Å². The zero-order chi connectivity index (χ0) is 19.2. The Morgan fingerprint density at radius 2 is 1.74 bits per heavy atom. The molecule has 0 unspecified atom stereocenters. The van der Waals surface area contributed by atoms with Crippen LogP contribution >= 0.6 is 15.9 Å². The van der Waals surface area contributed by atoms with Crippen molar-refractivity contribution in [3.05, 3.63) is 94.0 Å². The summed E-state index contributed by atoms with van der Waals surface area (Å²) in [6.45, 7) is 1.96. The standard InChI is InChI=1S/C21H17BrN2O3/c1-14-8-10-15(11-9-14)23-21(26)19(13-16-5-4-12-27-16)24-20(25)17-6-2-3-7-18(17)22/h2-13H,1H3,(H,23,26)(H,24,25)/b19-13-. The number of halogens is 1. The van der Waals surface area contributed by atoms with Crippen LogP contribution in [0.15, 0.2) is 81.5 Å². The van der Waals surface area contributed by atoms with Gasteiger partial charge in [0, 0.05) is 16.2 Å². The highest BCUT2D eigenvalue weighted by Crippen LogP contribution is 2.17. The summed E-state index contributed by atoms with van der Waals surface area (Å²) >= 11 is 3.35. The maximum absolute atomic E-state index is 12.7. The first-order valence-corrected chi connectivity index (χ1v) is 9.01. The van der Waals surface area contributed by atoms with E-state index < -0.39 is 11.8 Å². The lowest BCUT2D eigenvalue weighted by Crippen LogP contribution is -2.30. The van der Waals surface area contributed by atoms with E-state index in [1.165, 1.54) is 12.3 Å². The molecule has 27 heavy (non-hydrogen) atoms. The summed E-state index contributed by atoms with van der Waals surface area (Å²) in [5.74, 6) is -0.397. The molecule has 5 nitrogen and oxygen atoms in total. The number of rotatable bonds is 5. The fourth-order valence-electron chi connectivity index (χ4n) is 2.34. The van der Waals surface area contributed by atoms with Crippen molar-refractivity contribution in [3.63, 3.8) is 0 Å². The van der Waals surface area contributed by atoms with Gasteiger partial charge in [0.15, 0.2) is 0 Å². The van der Waals surface area contributed by atoms with Crippen LogP contribution in [-0.4, -0.2) is 11.8 Å². The minimum Gasteiger partial charge on any atom is -0.465 e. The van der Waals surface area contributed by atoms with Crippen molar-refractivity contribution in [2.45, 2.75) is 6.92 Å². The molecular weight excluding hydrogens is 408 g/mol. The van der Waals surface area contributed by atoms with E-state index in [0.29, 0.717) is 21.5 Å². The third kappa shape index (κ3) is 4.95. The van der Waals surface area contributed by atoms with E-state index in [9.17, 15) is 9.59 Å². The van der Waals surface area contributed by atoms with Gasteiger partial charge in [-0.3, -0.25) is 9.59 Å². The number of carbonyl (C=O) groups is 2. The van der Waals surface area contributed by atoms with Gasteiger partial charge in [-0.2, -0.15) is 0 Å². The maximum atomic E-state index is 12.7. The van der Waals surface area contributed by atoms with Crippen molar-refractivity contribution in [1.82, 2.24) is 5.32 Å². The topological polar surface area (TPSA) is 71.3 Å². The summed E-state index contributed by atoms with van der Waals surface area (Å²) in [5.41, 5.74) is 2.21. The molecule has 0 aliphatic rings. The van der Waals surface area contributed by atoms with Crippen LogP contribution in [0, 0.1) is 6.92 Å². The third-order valence-corrected chi connectivity index (χ3v) is 4.44. The number of anilines is 1. The number of hydrogen-bond acceptors (Lipinski definition) is 3. The second-order valence-electron chi connectivity index (χ2n) is 5.83. The summed E-state index contributed by atoms with van der Waals surface area (Å²) in [6, 6.07) is 17.8. The number of furan rings is 1. The molecule has 0 bridgehead atoms. The molecule has 3 aromatic rings. The van der Waals surface area contributed by atoms with Gasteiger partial charge in [0.25, 0.3) is 11.8 Å². The zero-order valence-electron chi connectivity index (χ0n) is 14.5. The molecule has 2 amide bonds. The van der Waals surface area contributed by atoms with Crippen LogP contribution in [0.3, 0.4) is 0 Å². The summed E-state index contributed by atoms with van der Waals surface area (Å²) < 4.78 is 5.91. The van der Waals surface area contributed by atoms with Gasteiger partial charge in [0.1, 0.15) is 11.5 Å². The quantitative estimate of drug-likeness (QED) is 0.579. The largest absolute Gasteiger partial charge is 0.465 e. The second-order valence-corrected chi connectivity index (χ2v) is 6.68. The van der Waals surface area contributed by atoms with Crippen molar-refractivity contribution >= 4 is 39.5 Å². The SMILES string of the molecule is Cc1ccc(NC(=O)/C(=C/c2ccco2)NC(=O)c2ccccc2Br)cc1. The van der Waals surface area contributed by atoms with Crippen LogP contribution in [0.1, 0.15) is 21.7 Å². The van der Waals surface area contributed by atoms with Gasteiger partial charge in [-0.15, -0.1) is 0 Å². The Morgan fingerprint density at radius 1 is 1.00 bits per heavy atom. The van der Waals surface area contributed by atoms with Crippen LogP contribution in [-0.2, 0) is 4.79 Å². The number of hydrogen-bond donors (Lipinski definition) is 2. The highest BCUT2D eigenvalue weighted by Gasteiger charge is 2.17. The Kier molecular flexibility index (Phi) is 5.88. The lowest BCUT2D eigenvalue weighted by molar-refractivity contribution is -0.113. The molecule has 0 saturated heterocycles. The molecule has 0 saturated carbocycles. The summed E-state index contributed by atoms with van der Waals surface area (Å²) in [6.07, 6.45) is 2.98. The number of aryl methyl sites for hydroxylation is 1. The summed E-state index contributed by atoms with van der Waals surface area (Å²) in [5, 5.41) is 5.44. The smallest absolute Gasteiger partial charge is 0.272 e. The Balaban J connectivity index is 1.85. The van der Waals surface area contributed by atoms with Crippen LogP contribution < -0.4 is 10.6 Å². The van der Waals surface area contributed by atoms with E-state index in [1.54, 1.807) is 42.5 Å². The Labute approximate surface area is 165 Å². The zero-order valence-corrected chi connectivity index (χ0v) is 16.1. The average molecular weight is 425 g/mol. The van der Waals surface area contributed by atoms with E-state index in [-0.39, 0.29) is 5.70 Å². The van der Waals surface area contributed by atoms with E-state index in [1.807, 2.05) is 25.1 Å². The molecular formula is C21H17BrN2O3. The lowest BCUT2D eigenvalue weighted by atomic mass is 10.2. The molecule has 1 heterocycles. The Morgan fingerprint density at radius 3 is 2.41 bits per heavy atom. The molecule has 0 atom stereocenters. The minimum absolute atomic E-state index is 0.0753. The van der Waals surface area contributed by atoms with E-state index in [0.717, 1.165) is 5.56 Å². The van der Waals surface area contributed by atoms with E-state index in [2.05, 4.69) is 26.6 Å². The fraction of sp³-hybridized carbons (Fsp3) is 0.0476. The third-order valence-electron chi connectivity index (χ3n) is 3.75. The monoisotopic (exact) mass is 424 g/mol. The normalized spacial score (nSPS) is 11.1. The van der Waals surface area contributed by atoms with Crippen LogP contribution in [0.25, 0.3) is 6.08 Å². The number of amides is 2. The van der Waals surface area contributed by atoms with Crippen molar-refractivity contribution < 1.29 is 14.0 Å². The number of carbonyl (C=O) groups excluding carboxylic acids is 2. The molecule has 0 spiro atoms. The fourth-order valence-corrected chi connectivity index (χ4v) is 2.81. The second kappa shape index (κ2) is 8.51. The molecule has 0 aliphatic carbocycles. The van der Waals surface area contributed by atoms with E-state index >= 15 is 0 Å². The van der Waals surface area contributed by atoms with Gasteiger partial charge in [-0.25, -0.2) is 0 Å². The molecule has 2 aromatic carbocycles. The van der Waals surface area contributed by atoms with E-state index in [4.69, 9.17) is 4.42 Å². The first-order chi connectivity index (χ1) is 13.0. The molecule has 6 heteroatoms. The van der Waals surface area contributed by atoms with Gasteiger partial charge in [0.2, 0.25) is 0 Å². The van der Waals surface area contributed by atoms with Crippen LogP contribution in [0.4, 0.5) is 5.69 Å². The highest BCUT2D eigenvalue weighted by molar-refractivity contribution is 9.10. The summed E-state index contributed by atoms with van der Waals surface area (Å²) in [4.78, 5) is 25.3. The molecule has 0 fully saturated rings. The summed E-state index contributed by atoms with van der Waals surface area (Å²) in [7, 11) is 0. The minimum atomic E-state index is -0.448. The number of nitrogens with one attached hydrogen (secondary N) is 2. The maximum Gasteiger partial charge on any atom is 0.272 e. The first kappa shape index (κ1) is 18.7. The predicted molar refractivity (Wildman–Crippen MR) is 108 cm³/mol. The van der Waals surface area contributed by atoms with Gasteiger partial charge in [-0.05, 0) is 59.3 Å². The van der Waals surface area contributed by atoms with Gasteiger partial charge >= 0.3 is 0 Å². The molecule has 0 radical (unpaired) electrons.